The molecule has 0 bridgehead atoms. The van der Waals surface area contributed by atoms with E-state index in [4.69, 9.17) is 4.74 Å². The predicted molar refractivity (Wildman–Crippen MR) is 47.5 cm³/mol. The van der Waals surface area contributed by atoms with E-state index in [9.17, 15) is 14.4 Å². The van der Waals surface area contributed by atoms with Crippen LogP contribution in [0.4, 0.5) is 0 Å². The summed E-state index contributed by atoms with van der Waals surface area (Å²) in [7, 11) is 0. The Hall–Kier alpha value is -1.23. The molecule has 1 unspecified atom stereocenters. The van der Waals surface area contributed by atoms with Crippen LogP contribution in [-0.4, -0.2) is 29.9 Å². The van der Waals surface area contributed by atoms with Crippen LogP contribution in [0, 0.1) is 0 Å². The van der Waals surface area contributed by atoms with Gasteiger partial charge in [0.1, 0.15) is 0 Å². The molecule has 0 rings (SSSR count). The van der Waals surface area contributed by atoms with Gasteiger partial charge in [0.15, 0.2) is 5.78 Å². The number of carbonyl (C=O) groups excluding carboxylic acids is 3. The summed E-state index contributed by atoms with van der Waals surface area (Å²) in [6.45, 7) is 5.65. The lowest BCUT2D eigenvalue weighted by Crippen LogP contribution is -2.36. The van der Waals surface area contributed by atoms with E-state index >= 15 is 0 Å². The topological polar surface area (TPSA) is 69.7 Å². The van der Waals surface area contributed by atoms with Crippen molar-refractivity contribution in [2.75, 3.05) is 0 Å². The molecule has 0 fully saturated rings. The summed E-state index contributed by atoms with van der Waals surface area (Å²) < 4.78 is 9.25. The molecule has 0 N–H and O–H groups in total. The molecule has 14 heavy (non-hydrogen) atoms. The van der Waals surface area contributed by atoms with Crippen molar-refractivity contribution in [1.82, 2.24) is 0 Å². The third kappa shape index (κ3) is 4.71. The zero-order valence-electron chi connectivity index (χ0n) is 8.70. The number of rotatable bonds is 4. The molecule has 0 radical (unpaired) electrons. The molecule has 0 amide bonds. The summed E-state index contributed by atoms with van der Waals surface area (Å²) in [4.78, 5) is 32.6. The summed E-state index contributed by atoms with van der Waals surface area (Å²) in [5.74, 6) is -2.20. The molecule has 0 aromatic heterocycles. The molecule has 0 aromatic rings. The van der Waals surface area contributed by atoms with Crippen molar-refractivity contribution < 1.29 is 23.9 Å². The normalized spacial score (nSPS) is 12.4. The smallest absolute Gasteiger partial charge is 0.350 e. The highest BCUT2D eigenvalue weighted by molar-refractivity contribution is 6.03. The molecule has 1 atom stereocenters. The highest BCUT2D eigenvalue weighted by atomic mass is 16.6. The van der Waals surface area contributed by atoms with Crippen molar-refractivity contribution in [3.63, 3.8) is 0 Å². The van der Waals surface area contributed by atoms with E-state index in [1.54, 1.807) is 13.8 Å². The maximum absolute atomic E-state index is 11.1. The Morgan fingerprint density at radius 3 is 1.86 bits per heavy atom. The van der Waals surface area contributed by atoms with Gasteiger partial charge in [-0.3, -0.25) is 9.59 Å². The monoisotopic (exact) mass is 202 g/mol. The van der Waals surface area contributed by atoms with E-state index in [1.807, 2.05) is 0 Å². The minimum atomic E-state index is -1.31. The number of ether oxygens (including phenoxy) is 2. The van der Waals surface area contributed by atoms with E-state index in [2.05, 4.69) is 4.74 Å². The molecule has 5 nitrogen and oxygen atoms in total. The van der Waals surface area contributed by atoms with E-state index in [0.29, 0.717) is 0 Å². The lowest BCUT2D eigenvalue weighted by atomic mass is 10.2. The molecule has 0 heterocycles. The van der Waals surface area contributed by atoms with Gasteiger partial charge in [-0.2, -0.15) is 0 Å². The largest absolute Gasteiger partial charge is 0.391 e. The maximum atomic E-state index is 11.1. The van der Waals surface area contributed by atoms with Crippen molar-refractivity contribution in [2.24, 2.45) is 0 Å². The minimum Gasteiger partial charge on any atom is -0.391 e. The number of Topliss-reactive ketones (excluding diaryl/α,β-unsaturated/α-hetero) is 1. The molecule has 0 aliphatic heterocycles. The van der Waals surface area contributed by atoms with Gasteiger partial charge in [-0.25, -0.2) is 4.79 Å². The molecule has 0 aromatic carbocycles. The fourth-order valence-corrected chi connectivity index (χ4v) is 0.785. The van der Waals surface area contributed by atoms with Crippen molar-refractivity contribution in [3.8, 4) is 0 Å². The maximum Gasteiger partial charge on any atom is 0.350 e. The van der Waals surface area contributed by atoms with Gasteiger partial charge in [0.25, 0.3) is 0 Å². The van der Waals surface area contributed by atoms with Crippen LogP contribution in [0.3, 0.4) is 0 Å². The summed E-state index contributed by atoms with van der Waals surface area (Å²) in [5, 5.41) is 0. The summed E-state index contributed by atoms with van der Waals surface area (Å²) in [6.07, 6.45) is -1.60. The third-order valence-corrected chi connectivity index (χ3v) is 1.24. The van der Waals surface area contributed by atoms with Crippen LogP contribution in [0.15, 0.2) is 0 Å². The van der Waals surface area contributed by atoms with Crippen LogP contribution in [0.2, 0.25) is 0 Å². The second-order valence-corrected chi connectivity index (χ2v) is 3.09. The Labute approximate surface area is 82.4 Å². The standard InChI is InChI=1S/C9H14O5/c1-5(2)13-8(6(3)10)9(12)14-7(4)11/h5,8H,1-4H3. The van der Waals surface area contributed by atoms with E-state index in [1.165, 1.54) is 6.92 Å². The zero-order valence-corrected chi connectivity index (χ0v) is 8.70. The highest BCUT2D eigenvalue weighted by Gasteiger charge is 2.27. The first-order valence-corrected chi connectivity index (χ1v) is 4.22. The number of ketones is 1. The van der Waals surface area contributed by atoms with Crippen molar-refractivity contribution in [3.05, 3.63) is 0 Å². The first-order chi connectivity index (χ1) is 6.34. The van der Waals surface area contributed by atoms with Gasteiger partial charge < -0.3 is 9.47 Å². The molecular weight excluding hydrogens is 188 g/mol. The van der Waals surface area contributed by atoms with Gasteiger partial charge in [0, 0.05) is 6.92 Å². The fraction of sp³-hybridized carbons (Fsp3) is 0.667. The van der Waals surface area contributed by atoms with Gasteiger partial charge in [-0.1, -0.05) is 0 Å². The minimum absolute atomic E-state index is 0.289. The number of hydrogen-bond donors (Lipinski definition) is 0. The van der Waals surface area contributed by atoms with Gasteiger partial charge in [-0.15, -0.1) is 0 Å². The van der Waals surface area contributed by atoms with E-state index in [-0.39, 0.29) is 6.10 Å². The van der Waals surface area contributed by atoms with Crippen LogP contribution in [0.5, 0.6) is 0 Å². The van der Waals surface area contributed by atoms with Crippen LogP contribution >= 0.6 is 0 Å². The molecule has 0 aliphatic rings. The van der Waals surface area contributed by atoms with Crippen LogP contribution < -0.4 is 0 Å². The number of hydrogen-bond acceptors (Lipinski definition) is 5. The lowest BCUT2D eigenvalue weighted by molar-refractivity contribution is -0.170. The van der Waals surface area contributed by atoms with Gasteiger partial charge >= 0.3 is 11.9 Å². The third-order valence-electron chi connectivity index (χ3n) is 1.24. The first-order valence-electron chi connectivity index (χ1n) is 4.22. The fourth-order valence-electron chi connectivity index (χ4n) is 0.785. The molecule has 0 aliphatic carbocycles. The Kier molecular flexibility index (Phi) is 5.01. The summed E-state index contributed by atoms with van der Waals surface area (Å²) in [5.41, 5.74) is 0. The summed E-state index contributed by atoms with van der Waals surface area (Å²) in [6, 6.07) is 0. The SMILES string of the molecule is CC(=O)OC(=O)C(OC(C)C)C(C)=O. The predicted octanol–water partition coefficient (Wildman–Crippen LogP) is 0.459. The Balaban J connectivity index is 4.41. The molecule has 5 heteroatoms. The average Bonchev–Trinajstić information content (AvgIpc) is 1.97. The second-order valence-electron chi connectivity index (χ2n) is 3.09. The average molecular weight is 202 g/mol. The quantitative estimate of drug-likeness (QED) is 0.489. The summed E-state index contributed by atoms with van der Waals surface area (Å²) >= 11 is 0. The van der Waals surface area contributed by atoms with Crippen molar-refractivity contribution >= 4 is 17.7 Å². The molecule has 0 spiro atoms. The Morgan fingerprint density at radius 1 is 1.07 bits per heavy atom. The van der Waals surface area contributed by atoms with E-state index in [0.717, 1.165) is 6.92 Å². The highest BCUT2D eigenvalue weighted by Crippen LogP contribution is 2.02. The number of esters is 2. The zero-order chi connectivity index (χ0) is 11.3. The molecule has 0 saturated heterocycles. The Morgan fingerprint density at radius 2 is 1.57 bits per heavy atom. The Bertz CT molecular complexity index is 244. The van der Waals surface area contributed by atoms with Gasteiger partial charge in [-0.05, 0) is 20.8 Å². The second kappa shape index (κ2) is 5.49. The lowest BCUT2D eigenvalue weighted by Gasteiger charge is -2.15. The van der Waals surface area contributed by atoms with Crippen molar-refractivity contribution in [2.45, 2.75) is 39.9 Å². The van der Waals surface area contributed by atoms with Gasteiger partial charge in [0.05, 0.1) is 6.10 Å². The van der Waals surface area contributed by atoms with Crippen LogP contribution in [0.1, 0.15) is 27.7 Å². The number of carbonyl (C=O) groups is 3. The van der Waals surface area contributed by atoms with Crippen LogP contribution in [0.25, 0.3) is 0 Å². The first kappa shape index (κ1) is 12.8. The molecule has 80 valence electrons. The van der Waals surface area contributed by atoms with Gasteiger partial charge in [0.2, 0.25) is 6.10 Å². The molecular formula is C9H14O5. The van der Waals surface area contributed by atoms with Crippen LogP contribution in [-0.2, 0) is 23.9 Å². The molecule has 0 saturated carbocycles. The van der Waals surface area contributed by atoms with Crippen molar-refractivity contribution in [1.29, 1.82) is 0 Å². The van der Waals surface area contributed by atoms with E-state index < -0.39 is 23.8 Å².